The number of aliphatic hydroxyl groups excluding tert-OH is 1. The fourth-order valence-corrected chi connectivity index (χ4v) is 2.88. The molecule has 2 heterocycles. The van der Waals surface area contributed by atoms with Gasteiger partial charge in [0.1, 0.15) is 5.82 Å². The molecule has 1 aliphatic rings. The van der Waals surface area contributed by atoms with Gasteiger partial charge in [0.05, 0.1) is 13.2 Å². The molecule has 6 heteroatoms. The Hall–Kier alpha value is -0.980. The summed E-state index contributed by atoms with van der Waals surface area (Å²) in [5.41, 5.74) is 0. The van der Waals surface area contributed by atoms with Crippen LogP contribution in [0.15, 0.2) is 22.8 Å². The Balaban J connectivity index is 1.91. The van der Waals surface area contributed by atoms with E-state index in [1.54, 1.807) is 12.3 Å². The van der Waals surface area contributed by atoms with Crippen LogP contribution >= 0.6 is 15.9 Å². The molecule has 1 aromatic heterocycles. The van der Waals surface area contributed by atoms with Gasteiger partial charge in [-0.1, -0.05) is 6.92 Å². The summed E-state index contributed by atoms with van der Waals surface area (Å²) in [6, 6.07) is 3.67. The molecule has 5 nitrogen and oxygen atoms in total. The molecule has 1 aromatic rings. The number of aliphatic hydroxyl groups is 1. The molecule has 0 spiro atoms. The third-order valence-corrected chi connectivity index (χ3v) is 4.23. The van der Waals surface area contributed by atoms with Crippen molar-refractivity contribution in [1.82, 2.24) is 9.88 Å². The maximum Gasteiger partial charge on any atom is 0.239 e. The molecule has 0 saturated carbocycles. The zero-order chi connectivity index (χ0) is 14.5. The highest BCUT2D eigenvalue weighted by Crippen LogP contribution is 2.22. The number of aromatic nitrogens is 1. The van der Waals surface area contributed by atoms with Crippen molar-refractivity contribution in [2.24, 2.45) is 5.92 Å². The van der Waals surface area contributed by atoms with E-state index in [1.165, 1.54) is 0 Å². The smallest absolute Gasteiger partial charge is 0.239 e. The van der Waals surface area contributed by atoms with E-state index < -0.39 is 0 Å². The van der Waals surface area contributed by atoms with E-state index in [9.17, 15) is 9.90 Å². The molecule has 1 aliphatic heterocycles. The first-order valence-corrected chi connectivity index (χ1v) is 7.65. The number of halogens is 1. The van der Waals surface area contributed by atoms with Crippen molar-refractivity contribution in [3.63, 3.8) is 0 Å². The first kappa shape index (κ1) is 15.4. The number of rotatable bonds is 4. The van der Waals surface area contributed by atoms with Crippen molar-refractivity contribution in [3.05, 3.63) is 22.8 Å². The number of piperidine rings is 1. The molecule has 110 valence electrons. The molecular formula is C14H20BrN3O2. The van der Waals surface area contributed by atoms with Crippen molar-refractivity contribution in [2.45, 2.75) is 25.8 Å². The molecule has 2 atom stereocenters. The number of hydrogen-bond donors (Lipinski definition) is 2. The number of nitrogens with one attached hydrogen (secondary N) is 1. The molecule has 2 N–H and O–H groups in total. The highest BCUT2D eigenvalue weighted by Gasteiger charge is 2.29. The molecule has 1 amide bonds. The minimum absolute atomic E-state index is 0.0763. The van der Waals surface area contributed by atoms with Gasteiger partial charge in [0, 0.05) is 16.7 Å². The first-order chi connectivity index (χ1) is 9.60. The second-order valence-electron chi connectivity index (χ2n) is 5.25. The van der Waals surface area contributed by atoms with E-state index in [-0.39, 0.29) is 18.6 Å². The molecule has 0 aliphatic carbocycles. The lowest BCUT2D eigenvalue weighted by molar-refractivity contribution is -0.118. The number of carbonyl (C=O) groups excluding carboxylic acids is 1. The lowest BCUT2D eigenvalue weighted by Crippen LogP contribution is -2.49. The van der Waals surface area contributed by atoms with Crippen LogP contribution in [0, 0.1) is 5.92 Å². The predicted molar refractivity (Wildman–Crippen MR) is 81.4 cm³/mol. The van der Waals surface area contributed by atoms with Crippen molar-refractivity contribution in [3.8, 4) is 0 Å². The normalized spacial score (nSPS) is 23.6. The summed E-state index contributed by atoms with van der Waals surface area (Å²) in [5.74, 6) is 0.878. The summed E-state index contributed by atoms with van der Waals surface area (Å²) in [6.45, 7) is 3.39. The molecule has 2 rings (SSSR count). The Bertz CT molecular complexity index is 452. The molecule has 1 fully saturated rings. The van der Waals surface area contributed by atoms with Crippen LogP contribution in [-0.4, -0.2) is 46.6 Å². The maximum atomic E-state index is 12.0. The minimum atomic E-state index is -0.0904. The van der Waals surface area contributed by atoms with Crippen LogP contribution in [0.4, 0.5) is 5.82 Å². The summed E-state index contributed by atoms with van der Waals surface area (Å²) < 4.78 is 0.876. The van der Waals surface area contributed by atoms with Crippen LogP contribution in [0.1, 0.15) is 19.8 Å². The maximum absolute atomic E-state index is 12.0. The number of amides is 1. The number of nitrogens with zero attached hydrogens (tertiary/aromatic N) is 2. The highest BCUT2D eigenvalue weighted by molar-refractivity contribution is 9.10. The zero-order valence-corrected chi connectivity index (χ0v) is 13.1. The van der Waals surface area contributed by atoms with Crippen LogP contribution in [0.2, 0.25) is 0 Å². The molecular weight excluding hydrogens is 322 g/mol. The second-order valence-corrected chi connectivity index (χ2v) is 6.17. The first-order valence-electron chi connectivity index (χ1n) is 6.86. The van der Waals surface area contributed by atoms with E-state index in [0.29, 0.717) is 18.3 Å². The summed E-state index contributed by atoms with van der Waals surface area (Å²) in [5, 5.41) is 12.3. The Morgan fingerprint density at radius 3 is 3.05 bits per heavy atom. The third kappa shape index (κ3) is 4.01. The fraction of sp³-hybridized carbons (Fsp3) is 0.571. The third-order valence-electron chi connectivity index (χ3n) is 3.76. The lowest BCUT2D eigenvalue weighted by Gasteiger charge is -2.38. The van der Waals surface area contributed by atoms with Crippen molar-refractivity contribution in [1.29, 1.82) is 0 Å². The van der Waals surface area contributed by atoms with Crippen molar-refractivity contribution < 1.29 is 9.90 Å². The van der Waals surface area contributed by atoms with Crippen LogP contribution in [0.3, 0.4) is 0 Å². The average molecular weight is 342 g/mol. The van der Waals surface area contributed by atoms with E-state index in [0.717, 1.165) is 23.9 Å². The Morgan fingerprint density at radius 1 is 1.60 bits per heavy atom. The van der Waals surface area contributed by atoms with Gasteiger partial charge in [-0.3, -0.25) is 9.69 Å². The summed E-state index contributed by atoms with van der Waals surface area (Å²) in [6.07, 6.45) is 3.83. The molecule has 20 heavy (non-hydrogen) atoms. The van der Waals surface area contributed by atoms with E-state index >= 15 is 0 Å². The van der Waals surface area contributed by atoms with E-state index in [2.05, 4.69) is 38.1 Å². The summed E-state index contributed by atoms with van der Waals surface area (Å²) >= 11 is 3.30. The number of anilines is 1. The van der Waals surface area contributed by atoms with Gasteiger partial charge in [0.2, 0.25) is 5.91 Å². The monoisotopic (exact) mass is 341 g/mol. The molecule has 0 bridgehead atoms. The van der Waals surface area contributed by atoms with Crippen LogP contribution < -0.4 is 5.32 Å². The van der Waals surface area contributed by atoms with Crippen molar-refractivity contribution in [2.75, 3.05) is 25.0 Å². The largest absolute Gasteiger partial charge is 0.395 e. The van der Waals surface area contributed by atoms with Gasteiger partial charge < -0.3 is 10.4 Å². The average Bonchev–Trinajstić information content (AvgIpc) is 2.42. The Morgan fingerprint density at radius 2 is 2.40 bits per heavy atom. The molecule has 0 radical (unpaired) electrons. The standard InChI is InChI=1S/C14H20BrN3O2/c1-10-3-2-6-18(12(10)9-19)8-14(20)17-13-5-4-11(15)7-16-13/h4-5,7,10,12,19H,2-3,6,8-9H2,1H3,(H,16,17,20). The van der Waals surface area contributed by atoms with Gasteiger partial charge >= 0.3 is 0 Å². The van der Waals surface area contributed by atoms with Crippen LogP contribution in [-0.2, 0) is 4.79 Å². The van der Waals surface area contributed by atoms with Gasteiger partial charge in [0.25, 0.3) is 0 Å². The predicted octanol–water partition coefficient (Wildman–Crippen LogP) is 1.88. The molecule has 1 saturated heterocycles. The number of pyridine rings is 1. The van der Waals surface area contributed by atoms with Gasteiger partial charge in [-0.25, -0.2) is 4.98 Å². The van der Waals surface area contributed by atoms with Crippen molar-refractivity contribution >= 4 is 27.7 Å². The number of likely N-dealkylation sites (tertiary alicyclic amines) is 1. The zero-order valence-electron chi connectivity index (χ0n) is 11.6. The second kappa shape index (κ2) is 7.15. The van der Waals surface area contributed by atoms with Gasteiger partial charge in [-0.15, -0.1) is 0 Å². The van der Waals surface area contributed by atoms with E-state index in [4.69, 9.17) is 0 Å². The molecule has 0 aromatic carbocycles. The number of carbonyl (C=O) groups is 1. The summed E-state index contributed by atoms with van der Waals surface area (Å²) in [4.78, 5) is 18.2. The number of hydrogen-bond acceptors (Lipinski definition) is 4. The van der Waals surface area contributed by atoms with Gasteiger partial charge in [-0.2, -0.15) is 0 Å². The van der Waals surface area contributed by atoms with Crippen LogP contribution in [0.25, 0.3) is 0 Å². The summed E-state index contributed by atoms with van der Waals surface area (Å²) in [7, 11) is 0. The van der Waals surface area contributed by atoms with Crippen LogP contribution in [0.5, 0.6) is 0 Å². The Kier molecular flexibility index (Phi) is 5.51. The topological polar surface area (TPSA) is 65.5 Å². The Labute approximate surface area is 127 Å². The van der Waals surface area contributed by atoms with E-state index in [1.807, 2.05) is 6.07 Å². The van der Waals surface area contributed by atoms with Gasteiger partial charge in [-0.05, 0) is 53.4 Å². The lowest BCUT2D eigenvalue weighted by atomic mass is 9.91. The minimum Gasteiger partial charge on any atom is -0.395 e. The van der Waals surface area contributed by atoms with Gasteiger partial charge in [0.15, 0.2) is 0 Å². The molecule has 2 unspecified atom stereocenters. The highest BCUT2D eigenvalue weighted by atomic mass is 79.9. The quantitative estimate of drug-likeness (QED) is 0.877. The fourth-order valence-electron chi connectivity index (χ4n) is 2.64. The SMILES string of the molecule is CC1CCCN(CC(=O)Nc2ccc(Br)cn2)C1CO.